The molecule has 10 heteroatoms. The van der Waals surface area contributed by atoms with E-state index in [0.29, 0.717) is 18.4 Å². The Balaban J connectivity index is 0.000000277. The van der Waals surface area contributed by atoms with E-state index in [2.05, 4.69) is 5.32 Å². The Morgan fingerprint density at radius 2 is 1.88 bits per heavy atom. The molecule has 9 nitrogen and oxygen atoms in total. The molecular formula is C24H29FN2O7. The predicted octanol–water partition coefficient (Wildman–Crippen LogP) is 2.59. The van der Waals surface area contributed by atoms with Crippen LogP contribution in [0.4, 0.5) is 4.39 Å². The van der Waals surface area contributed by atoms with E-state index in [0.717, 1.165) is 36.8 Å². The van der Waals surface area contributed by atoms with Crippen LogP contribution in [0, 0.1) is 11.7 Å². The summed E-state index contributed by atoms with van der Waals surface area (Å²) >= 11 is 0. The van der Waals surface area contributed by atoms with Crippen molar-refractivity contribution in [3.05, 3.63) is 53.8 Å². The number of ether oxygens (including phenoxy) is 3. The van der Waals surface area contributed by atoms with Crippen molar-refractivity contribution in [3.63, 3.8) is 0 Å². The molecule has 0 unspecified atom stereocenters. The molecule has 0 aromatic heterocycles. The van der Waals surface area contributed by atoms with Crippen molar-refractivity contribution in [2.24, 2.45) is 11.7 Å². The van der Waals surface area contributed by atoms with E-state index in [-0.39, 0.29) is 25.5 Å². The highest BCUT2D eigenvalue weighted by atomic mass is 19.1. The second-order valence-corrected chi connectivity index (χ2v) is 8.11. The maximum atomic E-state index is 13.2. The lowest BCUT2D eigenvalue weighted by atomic mass is 9.81. The van der Waals surface area contributed by atoms with Crippen LogP contribution in [0.25, 0.3) is 0 Å². The normalized spacial score (nSPS) is 19.5. The van der Waals surface area contributed by atoms with Gasteiger partial charge < -0.3 is 35.5 Å². The zero-order valence-corrected chi connectivity index (χ0v) is 18.6. The summed E-state index contributed by atoms with van der Waals surface area (Å²) in [6, 6.07) is 11.4. The SMILES string of the molecule is Fc1ccc([C@@H]2CCNC[C@H]2COc2ccc3c(c2)OCO3)cc1.N[C@H](CCC(=O)O)C(=O)O. The number of nitrogens with two attached hydrogens (primary N) is 1. The Morgan fingerprint density at radius 1 is 1.15 bits per heavy atom. The van der Waals surface area contributed by atoms with Crippen LogP contribution in [0.2, 0.25) is 0 Å². The Kier molecular flexibility index (Phi) is 9.06. The van der Waals surface area contributed by atoms with Crippen LogP contribution in [0.5, 0.6) is 17.2 Å². The van der Waals surface area contributed by atoms with Crippen molar-refractivity contribution in [1.82, 2.24) is 5.32 Å². The topological polar surface area (TPSA) is 140 Å². The van der Waals surface area contributed by atoms with Gasteiger partial charge in [-0.2, -0.15) is 0 Å². The lowest BCUT2D eigenvalue weighted by molar-refractivity contribution is -0.139. The number of rotatable bonds is 8. The molecule has 5 N–H and O–H groups in total. The summed E-state index contributed by atoms with van der Waals surface area (Å²) in [6.45, 7) is 2.74. The molecule has 34 heavy (non-hydrogen) atoms. The number of carboxylic acids is 2. The van der Waals surface area contributed by atoms with Crippen LogP contribution in [0.1, 0.15) is 30.7 Å². The maximum Gasteiger partial charge on any atom is 0.320 e. The number of carbonyl (C=O) groups is 2. The predicted molar refractivity (Wildman–Crippen MR) is 121 cm³/mol. The fourth-order valence-electron chi connectivity index (χ4n) is 3.82. The van der Waals surface area contributed by atoms with Gasteiger partial charge in [0.15, 0.2) is 11.5 Å². The fourth-order valence-corrected chi connectivity index (χ4v) is 3.82. The van der Waals surface area contributed by atoms with Gasteiger partial charge in [0, 0.05) is 24.9 Å². The molecule has 0 radical (unpaired) electrons. The molecule has 184 valence electrons. The van der Waals surface area contributed by atoms with Gasteiger partial charge in [-0.15, -0.1) is 0 Å². The third-order valence-electron chi connectivity index (χ3n) is 5.70. The number of benzene rings is 2. The molecule has 0 aliphatic carbocycles. The smallest absolute Gasteiger partial charge is 0.320 e. The van der Waals surface area contributed by atoms with E-state index >= 15 is 0 Å². The van der Waals surface area contributed by atoms with Crippen LogP contribution in [-0.4, -0.2) is 54.7 Å². The van der Waals surface area contributed by atoms with Crippen molar-refractivity contribution < 1.29 is 38.4 Å². The lowest BCUT2D eigenvalue weighted by Crippen LogP contribution is -2.38. The van der Waals surface area contributed by atoms with E-state index in [4.69, 9.17) is 30.2 Å². The van der Waals surface area contributed by atoms with Gasteiger partial charge in [0.25, 0.3) is 0 Å². The highest BCUT2D eigenvalue weighted by Gasteiger charge is 2.27. The summed E-state index contributed by atoms with van der Waals surface area (Å²) in [4.78, 5) is 19.9. The number of carboxylic acid groups (broad SMARTS) is 2. The number of fused-ring (bicyclic) bond motifs is 1. The number of piperidine rings is 1. The van der Waals surface area contributed by atoms with Crippen LogP contribution in [0.3, 0.4) is 0 Å². The Morgan fingerprint density at radius 3 is 2.59 bits per heavy atom. The largest absolute Gasteiger partial charge is 0.493 e. The lowest BCUT2D eigenvalue weighted by Gasteiger charge is -2.32. The first-order valence-electron chi connectivity index (χ1n) is 11.0. The molecule has 2 aromatic rings. The molecule has 4 rings (SSSR count). The molecule has 0 bridgehead atoms. The summed E-state index contributed by atoms with van der Waals surface area (Å²) in [6.07, 6.45) is 0.804. The number of hydrogen-bond acceptors (Lipinski definition) is 7. The Bertz CT molecular complexity index is 970. The summed E-state index contributed by atoms with van der Waals surface area (Å²) in [5.41, 5.74) is 6.18. The summed E-state index contributed by atoms with van der Waals surface area (Å²) in [7, 11) is 0. The average molecular weight is 477 g/mol. The third-order valence-corrected chi connectivity index (χ3v) is 5.70. The van der Waals surface area contributed by atoms with Crippen molar-refractivity contribution >= 4 is 11.9 Å². The second-order valence-electron chi connectivity index (χ2n) is 8.11. The van der Waals surface area contributed by atoms with Crippen LogP contribution in [0.15, 0.2) is 42.5 Å². The number of hydrogen-bond donors (Lipinski definition) is 4. The molecule has 0 saturated carbocycles. The van der Waals surface area contributed by atoms with Gasteiger partial charge in [-0.1, -0.05) is 12.1 Å². The van der Waals surface area contributed by atoms with E-state index in [1.54, 1.807) is 0 Å². The third kappa shape index (κ3) is 7.32. The number of aliphatic carboxylic acids is 2. The van der Waals surface area contributed by atoms with Gasteiger partial charge >= 0.3 is 11.9 Å². The molecule has 2 aliphatic rings. The summed E-state index contributed by atoms with van der Waals surface area (Å²) in [5.74, 6) is 0.590. The first kappa shape index (κ1) is 25.3. The number of halogens is 1. The van der Waals surface area contributed by atoms with Crippen LogP contribution >= 0.6 is 0 Å². The van der Waals surface area contributed by atoms with Crippen molar-refractivity contribution in [3.8, 4) is 17.2 Å². The van der Waals surface area contributed by atoms with Gasteiger partial charge in [0.1, 0.15) is 17.6 Å². The minimum Gasteiger partial charge on any atom is -0.493 e. The van der Waals surface area contributed by atoms with Crippen molar-refractivity contribution in [2.75, 3.05) is 26.5 Å². The van der Waals surface area contributed by atoms with Gasteiger partial charge in [-0.25, -0.2) is 4.39 Å². The molecule has 0 amide bonds. The van der Waals surface area contributed by atoms with E-state index in [1.165, 1.54) is 17.7 Å². The average Bonchev–Trinajstić information content (AvgIpc) is 3.30. The molecule has 3 atom stereocenters. The maximum absolute atomic E-state index is 13.2. The van der Waals surface area contributed by atoms with E-state index < -0.39 is 18.0 Å². The first-order chi connectivity index (χ1) is 16.3. The van der Waals surface area contributed by atoms with Gasteiger partial charge in [0.2, 0.25) is 6.79 Å². The molecule has 2 heterocycles. The van der Waals surface area contributed by atoms with Gasteiger partial charge in [0.05, 0.1) is 6.61 Å². The zero-order valence-electron chi connectivity index (χ0n) is 18.6. The molecule has 2 aromatic carbocycles. The minimum absolute atomic E-state index is 0.0231. The highest BCUT2D eigenvalue weighted by Crippen LogP contribution is 2.36. The number of nitrogens with one attached hydrogen (secondary N) is 1. The summed E-state index contributed by atoms with van der Waals surface area (Å²) < 4.78 is 29.9. The fraction of sp³-hybridized carbons (Fsp3) is 0.417. The molecular weight excluding hydrogens is 447 g/mol. The molecule has 0 spiro atoms. The van der Waals surface area contributed by atoms with Crippen molar-refractivity contribution in [2.45, 2.75) is 31.2 Å². The monoisotopic (exact) mass is 476 g/mol. The molecule has 2 aliphatic heterocycles. The molecule has 1 saturated heterocycles. The summed E-state index contributed by atoms with van der Waals surface area (Å²) in [5, 5.41) is 19.7. The Hall–Kier alpha value is -3.37. The van der Waals surface area contributed by atoms with E-state index in [1.807, 2.05) is 30.3 Å². The van der Waals surface area contributed by atoms with Gasteiger partial charge in [-0.05, 0) is 55.1 Å². The molecule has 1 fully saturated rings. The standard InChI is InChI=1S/C19H20FNO3.C5H9NO4/c20-15-3-1-13(2-4-15)17-7-8-21-10-14(17)11-22-16-5-6-18-19(9-16)24-12-23-18;6-3(5(9)10)1-2-4(7)8/h1-6,9,14,17,21H,7-8,10-12H2;3H,1-2,6H2,(H,7,8)(H,9,10)/t14-,17-;3-/m01/s1. The quantitative estimate of drug-likeness (QED) is 0.452. The minimum atomic E-state index is -1.17. The first-order valence-corrected chi connectivity index (χ1v) is 11.0. The van der Waals surface area contributed by atoms with E-state index in [9.17, 15) is 14.0 Å². The van der Waals surface area contributed by atoms with Gasteiger partial charge in [-0.3, -0.25) is 9.59 Å². The highest BCUT2D eigenvalue weighted by molar-refractivity contribution is 5.74. The van der Waals surface area contributed by atoms with Crippen LogP contribution in [-0.2, 0) is 9.59 Å². The Labute approximate surface area is 196 Å². The second kappa shape index (κ2) is 12.2. The van der Waals surface area contributed by atoms with Crippen LogP contribution < -0.4 is 25.3 Å². The zero-order chi connectivity index (χ0) is 24.5. The van der Waals surface area contributed by atoms with Crippen molar-refractivity contribution in [1.29, 1.82) is 0 Å².